The quantitative estimate of drug-likeness (QED) is 0.437. The summed E-state index contributed by atoms with van der Waals surface area (Å²) in [7, 11) is 1.47. The lowest BCUT2D eigenvalue weighted by Crippen LogP contribution is -2.58. The fourth-order valence-electron chi connectivity index (χ4n) is 9.21. The van der Waals surface area contributed by atoms with E-state index in [0.717, 1.165) is 44.4 Å². The van der Waals surface area contributed by atoms with Crippen LogP contribution in [0.2, 0.25) is 0 Å². The van der Waals surface area contributed by atoms with Gasteiger partial charge in [0.25, 0.3) is 0 Å². The van der Waals surface area contributed by atoms with Crippen molar-refractivity contribution < 1.29 is 19.7 Å². The van der Waals surface area contributed by atoms with E-state index in [9.17, 15) is 15.0 Å². The second-order valence-corrected chi connectivity index (χ2v) is 12.3. The Kier molecular flexibility index (Phi) is 6.81. The molecule has 4 nitrogen and oxygen atoms in total. The molecule has 0 amide bonds. The summed E-state index contributed by atoms with van der Waals surface area (Å²) in [4.78, 5) is 11.4. The number of hydrogen-bond acceptors (Lipinski definition) is 4. The van der Waals surface area contributed by atoms with Crippen molar-refractivity contribution in [2.24, 2.45) is 46.3 Å². The van der Waals surface area contributed by atoms with Crippen LogP contribution in [0.3, 0.4) is 0 Å². The molecule has 0 aromatic rings. The molecule has 2 N–H and O–H groups in total. The molecule has 0 spiro atoms. The Morgan fingerprint density at radius 2 is 1.71 bits per heavy atom. The second-order valence-electron chi connectivity index (χ2n) is 12.3. The number of hydrogen-bond donors (Lipinski definition) is 2. The SMILES string of the molecule is COC(=O)CCCC[C@@H](C)[C@H]1CC[C@H]2[C@@H]3[C@@H](O)C[C@@H]4C[C@H](O)CC[C@]4(C)[C@H]3CC[C@]12C. The Labute approximate surface area is 189 Å². The van der Waals surface area contributed by atoms with Crippen molar-refractivity contribution in [1.29, 1.82) is 0 Å². The highest BCUT2D eigenvalue weighted by molar-refractivity contribution is 5.68. The largest absolute Gasteiger partial charge is 0.469 e. The molecule has 0 saturated heterocycles. The maximum Gasteiger partial charge on any atom is 0.305 e. The Bertz CT molecular complexity index is 649. The number of unbranched alkanes of at least 4 members (excludes halogenated alkanes) is 1. The number of ether oxygens (including phenoxy) is 1. The zero-order valence-corrected chi connectivity index (χ0v) is 20.3. The predicted octanol–water partition coefficient (Wildman–Crippen LogP) is 5.35. The molecular weight excluding hydrogens is 388 g/mol. The molecule has 0 aromatic heterocycles. The first-order valence-electron chi connectivity index (χ1n) is 13.1. The van der Waals surface area contributed by atoms with Crippen LogP contribution in [0.15, 0.2) is 0 Å². The first kappa shape index (κ1) is 23.5. The monoisotopic (exact) mass is 434 g/mol. The molecule has 4 heteroatoms. The Morgan fingerprint density at radius 1 is 1.00 bits per heavy atom. The van der Waals surface area contributed by atoms with E-state index < -0.39 is 0 Å². The third-order valence-corrected chi connectivity index (χ3v) is 10.9. The fraction of sp³-hybridized carbons (Fsp3) is 0.963. The summed E-state index contributed by atoms with van der Waals surface area (Å²) in [5, 5.41) is 21.6. The van der Waals surface area contributed by atoms with Gasteiger partial charge in [-0.1, -0.05) is 33.6 Å². The smallest absolute Gasteiger partial charge is 0.305 e. The number of aliphatic hydroxyl groups excluding tert-OH is 2. The highest BCUT2D eigenvalue weighted by Gasteiger charge is 2.62. The minimum atomic E-state index is -0.188. The molecule has 4 saturated carbocycles. The Balaban J connectivity index is 1.43. The van der Waals surface area contributed by atoms with E-state index in [2.05, 4.69) is 20.8 Å². The van der Waals surface area contributed by atoms with E-state index in [1.165, 1.54) is 39.2 Å². The third-order valence-electron chi connectivity index (χ3n) is 10.9. The minimum Gasteiger partial charge on any atom is -0.469 e. The van der Waals surface area contributed by atoms with Crippen molar-refractivity contribution in [2.75, 3.05) is 7.11 Å². The van der Waals surface area contributed by atoms with Crippen molar-refractivity contribution in [3.8, 4) is 0 Å². The van der Waals surface area contributed by atoms with E-state index >= 15 is 0 Å². The molecule has 4 aliphatic carbocycles. The number of esters is 1. The van der Waals surface area contributed by atoms with Gasteiger partial charge in [-0.05, 0) is 104 Å². The topological polar surface area (TPSA) is 66.8 Å². The normalized spacial score (nSPS) is 47.7. The van der Waals surface area contributed by atoms with E-state index in [1.807, 2.05) is 0 Å². The number of carbonyl (C=O) groups excluding carboxylic acids is 1. The van der Waals surface area contributed by atoms with Crippen molar-refractivity contribution in [2.45, 2.75) is 110 Å². The molecule has 0 bridgehead atoms. The number of methoxy groups -OCH3 is 1. The van der Waals surface area contributed by atoms with Crippen molar-refractivity contribution >= 4 is 5.97 Å². The van der Waals surface area contributed by atoms with Crippen molar-refractivity contribution in [3.05, 3.63) is 0 Å². The van der Waals surface area contributed by atoms with E-state index in [-0.39, 0.29) is 18.2 Å². The Hall–Kier alpha value is -0.610. The molecule has 0 heterocycles. The Morgan fingerprint density at radius 3 is 2.45 bits per heavy atom. The van der Waals surface area contributed by atoms with Crippen LogP contribution >= 0.6 is 0 Å². The van der Waals surface area contributed by atoms with Gasteiger partial charge >= 0.3 is 5.97 Å². The van der Waals surface area contributed by atoms with E-state index in [1.54, 1.807) is 0 Å². The zero-order chi connectivity index (χ0) is 22.4. The van der Waals surface area contributed by atoms with Gasteiger partial charge in [0, 0.05) is 6.42 Å². The average molecular weight is 435 g/mol. The van der Waals surface area contributed by atoms with Crippen LogP contribution < -0.4 is 0 Å². The number of carbonyl (C=O) groups is 1. The highest BCUT2D eigenvalue weighted by atomic mass is 16.5. The van der Waals surface area contributed by atoms with Crippen LogP contribution in [-0.4, -0.2) is 35.5 Å². The standard InChI is InChI=1S/C27H46O4/c1-17(7-5-6-8-24(30)31-4)20-9-10-21-25-22(12-14-27(20,21)3)26(2)13-11-19(28)15-18(26)16-23(25)29/h17-23,25,28-29H,5-16H2,1-4H3/t17-,18+,19-,20-,21+,22+,23+,25+,26+,27-/m1/s1. The van der Waals surface area contributed by atoms with Crippen LogP contribution in [0.25, 0.3) is 0 Å². The third kappa shape index (κ3) is 4.09. The van der Waals surface area contributed by atoms with Crippen LogP contribution in [0.1, 0.15) is 97.8 Å². The van der Waals surface area contributed by atoms with Gasteiger partial charge < -0.3 is 14.9 Å². The van der Waals surface area contributed by atoms with Crippen LogP contribution in [0.4, 0.5) is 0 Å². The summed E-state index contributed by atoms with van der Waals surface area (Å²) < 4.78 is 4.78. The molecule has 4 rings (SSSR count). The van der Waals surface area contributed by atoms with Gasteiger partial charge in [-0.2, -0.15) is 0 Å². The summed E-state index contributed by atoms with van der Waals surface area (Å²) in [6.07, 6.45) is 12.4. The molecule has 0 aliphatic heterocycles. The van der Waals surface area contributed by atoms with Crippen molar-refractivity contribution in [1.82, 2.24) is 0 Å². The zero-order valence-electron chi connectivity index (χ0n) is 20.3. The first-order chi connectivity index (χ1) is 14.7. The molecule has 4 aliphatic rings. The molecule has 10 atom stereocenters. The fourth-order valence-corrected chi connectivity index (χ4v) is 9.21. The van der Waals surface area contributed by atoms with Crippen molar-refractivity contribution in [3.63, 3.8) is 0 Å². The maximum atomic E-state index is 11.4. The lowest BCUT2D eigenvalue weighted by molar-refractivity contribution is -0.174. The van der Waals surface area contributed by atoms with E-state index in [4.69, 9.17) is 4.74 Å². The minimum absolute atomic E-state index is 0.0906. The van der Waals surface area contributed by atoms with Crippen LogP contribution in [-0.2, 0) is 9.53 Å². The van der Waals surface area contributed by atoms with Crippen LogP contribution in [0.5, 0.6) is 0 Å². The average Bonchev–Trinajstić information content (AvgIpc) is 3.09. The molecule has 0 radical (unpaired) electrons. The molecule has 0 unspecified atom stereocenters. The van der Waals surface area contributed by atoms with Gasteiger partial charge in [0.15, 0.2) is 0 Å². The van der Waals surface area contributed by atoms with Gasteiger partial charge in [0.1, 0.15) is 0 Å². The maximum absolute atomic E-state index is 11.4. The van der Waals surface area contributed by atoms with Gasteiger partial charge in [-0.3, -0.25) is 4.79 Å². The second kappa shape index (κ2) is 8.97. The lowest BCUT2D eigenvalue weighted by atomic mass is 9.43. The van der Waals surface area contributed by atoms with Gasteiger partial charge in [-0.25, -0.2) is 0 Å². The summed E-state index contributed by atoms with van der Waals surface area (Å²) in [6.45, 7) is 7.47. The molecule has 4 fully saturated rings. The lowest BCUT2D eigenvalue weighted by Gasteiger charge is -2.62. The number of rotatable bonds is 6. The van der Waals surface area contributed by atoms with E-state index in [0.29, 0.717) is 46.8 Å². The molecule has 178 valence electrons. The summed E-state index contributed by atoms with van der Waals surface area (Å²) in [5.74, 6) is 3.54. The van der Waals surface area contributed by atoms with Gasteiger partial charge in [0.2, 0.25) is 0 Å². The number of fused-ring (bicyclic) bond motifs is 5. The molecule has 0 aromatic carbocycles. The first-order valence-corrected chi connectivity index (χ1v) is 13.1. The summed E-state index contributed by atoms with van der Waals surface area (Å²) in [6, 6.07) is 0. The molecule has 31 heavy (non-hydrogen) atoms. The van der Waals surface area contributed by atoms with Gasteiger partial charge in [0.05, 0.1) is 19.3 Å². The van der Waals surface area contributed by atoms with Gasteiger partial charge in [-0.15, -0.1) is 0 Å². The van der Waals surface area contributed by atoms with Crippen LogP contribution in [0, 0.1) is 46.3 Å². The number of aliphatic hydroxyl groups is 2. The highest BCUT2D eigenvalue weighted by Crippen LogP contribution is 2.68. The molecular formula is C27H46O4. The summed E-state index contributed by atoms with van der Waals surface area (Å²) >= 11 is 0. The predicted molar refractivity (Wildman–Crippen MR) is 122 cm³/mol. The summed E-state index contributed by atoms with van der Waals surface area (Å²) in [5.41, 5.74) is 0.656.